The van der Waals surface area contributed by atoms with Crippen molar-refractivity contribution in [2.45, 2.75) is 26.7 Å². The Labute approximate surface area is 176 Å². The lowest BCUT2D eigenvalue weighted by molar-refractivity contribution is 0.383. The van der Waals surface area contributed by atoms with Gasteiger partial charge >= 0.3 is 0 Å². The number of pyridine rings is 1. The Bertz CT molecular complexity index is 1300. The molecule has 0 bridgehead atoms. The van der Waals surface area contributed by atoms with Crippen molar-refractivity contribution in [3.05, 3.63) is 75.6 Å². The second kappa shape index (κ2) is 7.62. The number of likely N-dealkylation sites (N-methyl/N-ethyl adjacent to an activating group) is 1. The van der Waals surface area contributed by atoms with Gasteiger partial charge in [0, 0.05) is 22.9 Å². The molecule has 0 amide bonds. The van der Waals surface area contributed by atoms with Crippen LogP contribution in [0.25, 0.3) is 32.8 Å². The molecule has 1 heterocycles. The molecule has 4 aromatic rings. The first-order chi connectivity index (χ1) is 14.3. The SMILES string of the molecule is Cc1ccc2c(=O)[nH]c3c(C)cc(O)c(-c4ccc([C@@H](C)CN(C)C)cc4)c3c2c1. The topological polar surface area (TPSA) is 56.3 Å². The van der Waals surface area contributed by atoms with Crippen LogP contribution >= 0.6 is 0 Å². The van der Waals surface area contributed by atoms with Crippen LogP contribution in [0.2, 0.25) is 0 Å². The van der Waals surface area contributed by atoms with Crippen LogP contribution < -0.4 is 5.56 Å². The van der Waals surface area contributed by atoms with E-state index in [4.69, 9.17) is 0 Å². The van der Waals surface area contributed by atoms with Crippen LogP contribution in [0, 0.1) is 13.8 Å². The molecule has 0 spiro atoms. The molecule has 1 atom stereocenters. The first kappa shape index (κ1) is 20.2. The van der Waals surface area contributed by atoms with Gasteiger partial charge in [-0.15, -0.1) is 0 Å². The second-order valence-electron chi connectivity index (χ2n) is 8.63. The third-order valence-corrected chi connectivity index (χ3v) is 5.84. The molecule has 0 aliphatic heterocycles. The minimum Gasteiger partial charge on any atom is -0.507 e. The largest absolute Gasteiger partial charge is 0.507 e. The Hall–Kier alpha value is -3.11. The number of hydrogen-bond acceptors (Lipinski definition) is 3. The summed E-state index contributed by atoms with van der Waals surface area (Å²) in [6, 6.07) is 16.0. The molecular weight excluding hydrogens is 372 g/mol. The number of phenols is 1. The summed E-state index contributed by atoms with van der Waals surface area (Å²) in [5.41, 5.74) is 5.55. The van der Waals surface area contributed by atoms with Crippen molar-refractivity contribution in [1.29, 1.82) is 0 Å². The first-order valence-corrected chi connectivity index (χ1v) is 10.3. The van der Waals surface area contributed by atoms with Crippen molar-refractivity contribution in [1.82, 2.24) is 9.88 Å². The molecule has 0 aliphatic carbocycles. The van der Waals surface area contributed by atoms with Gasteiger partial charge in [-0.3, -0.25) is 4.79 Å². The molecular formula is C26H28N2O2. The van der Waals surface area contributed by atoms with Crippen molar-refractivity contribution in [2.24, 2.45) is 0 Å². The van der Waals surface area contributed by atoms with E-state index in [9.17, 15) is 9.90 Å². The number of rotatable bonds is 4. The van der Waals surface area contributed by atoms with Crippen LogP contribution in [-0.2, 0) is 0 Å². The fourth-order valence-corrected chi connectivity index (χ4v) is 4.40. The van der Waals surface area contributed by atoms with E-state index in [2.05, 4.69) is 55.2 Å². The van der Waals surface area contributed by atoms with Crippen molar-refractivity contribution >= 4 is 21.7 Å². The van der Waals surface area contributed by atoms with E-state index >= 15 is 0 Å². The number of aromatic nitrogens is 1. The Kier molecular flexibility index (Phi) is 5.12. The molecule has 4 nitrogen and oxygen atoms in total. The summed E-state index contributed by atoms with van der Waals surface area (Å²) < 4.78 is 0. The molecule has 0 saturated carbocycles. The lowest BCUT2D eigenvalue weighted by atomic mass is 9.91. The molecule has 0 saturated heterocycles. The fraction of sp³-hybridized carbons (Fsp3) is 0.269. The quantitative estimate of drug-likeness (QED) is 0.455. The van der Waals surface area contributed by atoms with Gasteiger partial charge in [0.1, 0.15) is 5.75 Å². The van der Waals surface area contributed by atoms with E-state index in [0.29, 0.717) is 11.3 Å². The fourth-order valence-electron chi connectivity index (χ4n) is 4.40. The highest BCUT2D eigenvalue weighted by Gasteiger charge is 2.17. The van der Waals surface area contributed by atoms with E-state index in [-0.39, 0.29) is 11.3 Å². The third kappa shape index (κ3) is 3.48. The number of nitrogens with one attached hydrogen (secondary N) is 1. The number of hydrogen-bond donors (Lipinski definition) is 2. The van der Waals surface area contributed by atoms with Gasteiger partial charge in [0.25, 0.3) is 5.56 Å². The van der Waals surface area contributed by atoms with Crippen LogP contribution in [-0.4, -0.2) is 35.6 Å². The average molecular weight is 401 g/mol. The molecule has 0 unspecified atom stereocenters. The number of H-pyrrole nitrogens is 1. The summed E-state index contributed by atoms with van der Waals surface area (Å²) in [4.78, 5) is 17.9. The highest BCUT2D eigenvalue weighted by Crippen LogP contribution is 2.40. The zero-order chi connectivity index (χ0) is 21.6. The van der Waals surface area contributed by atoms with Gasteiger partial charge in [0.15, 0.2) is 0 Å². The minimum absolute atomic E-state index is 0.106. The maximum Gasteiger partial charge on any atom is 0.256 e. The number of nitrogens with zero attached hydrogens (tertiary/aromatic N) is 1. The molecule has 3 aromatic carbocycles. The van der Waals surface area contributed by atoms with Crippen molar-refractivity contribution in [2.75, 3.05) is 20.6 Å². The third-order valence-electron chi connectivity index (χ3n) is 5.84. The van der Waals surface area contributed by atoms with Gasteiger partial charge < -0.3 is 15.0 Å². The van der Waals surface area contributed by atoms with E-state index in [1.165, 1.54) is 5.56 Å². The summed E-state index contributed by atoms with van der Waals surface area (Å²) in [7, 11) is 4.16. The minimum atomic E-state index is -0.106. The number of aromatic amines is 1. The molecule has 154 valence electrons. The molecule has 1 aromatic heterocycles. The molecule has 4 rings (SSSR count). The maximum absolute atomic E-state index is 12.7. The van der Waals surface area contributed by atoms with E-state index < -0.39 is 0 Å². The predicted octanol–water partition coefficient (Wildman–Crippen LogP) is 5.34. The monoisotopic (exact) mass is 400 g/mol. The number of benzene rings is 3. The summed E-state index contributed by atoms with van der Waals surface area (Å²) in [6.45, 7) is 7.12. The zero-order valence-electron chi connectivity index (χ0n) is 18.2. The second-order valence-corrected chi connectivity index (χ2v) is 8.63. The van der Waals surface area contributed by atoms with E-state index in [1.54, 1.807) is 6.07 Å². The van der Waals surface area contributed by atoms with Crippen LogP contribution in [0.3, 0.4) is 0 Å². The standard InChI is InChI=1S/C26H28N2O2/c1-15-6-11-20-21(12-15)24-23(22(29)13-16(2)25(24)27-26(20)30)19-9-7-18(8-10-19)17(3)14-28(4)5/h6-13,17,29H,14H2,1-5H3,(H,27,30)/t17-/m0/s1. The molecule has 0 aliphatic rings. The van der Waals surface area contributed by atoms with Crippen LogP contribution in [0.1, 0.15) is 29.5 Å². The van der Waals surface area contributed by atoms with Gasteiger partial charge in [0.05, 0.1) is 5.52 Å². The number of aryl methyl sites for hydroxylation is 2. The summed E-state index contributed by atoms with van der Waals surface area (Å²) >= 11 is 0. The Balaban J connectivity index is 1.99. The number of phenolic OH excluding ortho intramolecular Hbond substituents is 1. The van der Waals surface area contributed by atoms with Gasteiger partial charge in [-0.2, -0.15) is 0 Å². The molecule has 2 N–H and O–H groups in total. The van der Waals surface area contributed by atoms with Gasteiger partial charge in [-0.1, -0.05) is 48.9 Å². The van der Waals surface area contributed by atoms with E-state index in [0.717, 1.165) is 45.1 Å². The normalized spacial score (nSPS) is 12.7. The smallest absolute Gasteiger partial charge is 0.256 e. The lowest BCUT2D eigenvalue weighted by Crippen LogP contribution is -2.18. The number of fused-ring (bicyclic) bond motifs is 3. The molecule has 30 heavy (non-hydrogen) atoms. The zero-order valence-corrected chi connectivity index (χ0v) is 18.2. The lowest BCUT2D eigenvalue weighted by Gasteiger charge is -2.18. The average Bonchev–Trinajstić information content (AvgIpc) is 2.68. The first-order valence-electron chi connectivity index (χ1n) is 10.3. The van der Waals surface area contributed by atoms with Crippen LogP contribution in [0.5, 0.6) is 5.75 Å². The Morgan fingerprint density at radius 2 is 1.70 bits per heavy atom. The van der Waals surface area contributed by atoms with Gasteiger partial charge in [-0.05, 0) is 68.1 Å². The van der Waals surface area contributed by atoms with E-state index in [1.807, 2.05) is 32.0 Å². The van der Waals surface area contributed by atoms with Gasteiger partial charge in [-0.25, -0.2) is 0 Å². The van der Waals surface area contributed by atoms with Crippen molar-refractivity contribution in [3.8, 4) is 16.9 Å². The van der Waals surface area contributed by atoms with Gasteiger partial charge in [0.2, 0.25) is 0 Å². The van der Waals surface area contributed by atoms with Crippen molar-refractivity contribution < 1.29 is 5.11 Å². The molecule has 0 radical (unpaired) electrons. The maximum atomic E-state index is 12.7. The summed E-state index contributed by atoms with van der Waals surface area (Å²) in [6.07, 6.45) is 0. The predicted molar refractivity (Wildman–Crippen MR) is 126 cm³/mol. The number of aromatic hydroxyl groups is 1. The Morgan fingerprint density at radius 1 is 1.00 bits per heavy atom. The highest BCUT2D eigenvalue weighted by molar-refractivity contribution is 6.15. The Morgan fingerprint density at radius 3 is 2.37 bits per heavy atom. The summed E-state index contributed by atoms with van der Waals surface area (Å²) in [5, 5.41) is 13.3. The molecule has 0 fully saturated rings. The molecule has 4 heteroatoms. The summed E-state index contributed by atoms with van der Waals surface area (Å²) in [5.74, 6) is 0.640. The van der Waals surface area contributed by atoms with Crippen molar-refractivity contribution in [3.63, 3.8) is 0 Å². The van der Waals surface area contributed by atoms with Crippen LogP contribution in [0.4, 0.5) is 0 Å². The van der Waals surface area contributed by atoms with Crippen LogP contribution in [0.15, 0.2) is 53.3 Å². The highest BCUT2D eigenvalue weighted by atomic mass is 16.3.